The summed E-state index contributed by atoms with van der Waals surface area (Å²) < 4.78 is 0. The fourth-order valence-electron chi connectivity index (χ4n) is 3.86. The molecule has 0 spiro atoms. The van der Waals surface area contributed by atoms with E-state index in [0.717, 1.165) is 29.5 Å². The van der Waals surface area contributed by atoms with Crippen molar-refractivity contribution >= 4 is 70.0 Å². The smallest absolute Gasteiger partial charge is 0.243 e. The molecule has 0 heterocycles. The Bertz CT molecular complexity index is 1230. The van der Waals surface area contributed by atoms with E-state index in [-0.39, 0.29) is 24.1 Å². The number of thioether (sulfide) groups is 1. The fraction of sp³-hybridized carbons (Fsp3) is 0.310. The first-order chi connectivity index (χ1) is 18.3. The fourth-order valence-corrected chi connectivity index (χ4v) is 5.36. The quantitative estimate of drug-likeness (QED) is 0.199. The standard InChI is InChI=1S/C29H30Cl4N2O2S/c1-2-3-13-34-29(37)27(16-20-7-5-4-6-8-20)35(17-21-9-11-23(30)25(32)14-21)28(36)19-38-18-22-10-12-24(31)26(33)15-22/h4-12,14-15,27H,2-3,13,16-19H2,1H3,(H,34,37)/t27-/m1/s1. The lowest BCUT2D eigenvalue weighted by Gasteiger charge is -2.31. The zero-order valence-electron chi connectivity index (χ0n) is 21.1. The average Bonchev–Trinajstić information content (AvgIpc) is 2.90. The van der Waals surface area contributed by atoms with Gasteiger partial charge in [0.25, 0.3) is 0 Å². The maximum atomic E-state index is 13.7. The van der Waals surface area contributed by atoms with Gasteiger partial charge in [-0.1, -0.05) is 102 Å². The number of rotatable bonds is 13. The Morgan fingerprint density at radius 3 is 2.11 bits per heavy atom. The van der Waals surface area contributed by atoms with Crippen molar-refractivity contribution in [2.45, 2.75) is 44.5 Å². The van der Waals surface area contributed by atoms with Gasteiger partial charge < -0.3 is 10.2 Å². The Kier molecular flexibility index (Phi) is 12.6. The first kappa shape index (κ1) is 30.6. The summed E-state index contributed by atoms with van der Waals surface area (Å²) in [6.45, 7) is 2.85. The zero-order valence-corrected chi connectivity index (χ0v) is 24.9. The largest absolute Gasteiger partial charge is 0.354 e. The van der Waals surface area contributed by atoms with Crippen LogP contribution >= 0.6 is 58.2 Å². The van der Waals surface area contributed by atoms with Crippen LogP contribution in [-0.2, 0) is 28.3 Å². The van der Waals surface area contributed by atoms with Crippen molar-refractivity contribution in [3.8, 4) is 0 Å². The van der Waals surface area contributed by atoms with Crippen molar-refractivity contribution < 1.29 is 9.59 Å². The molecule has 4 nitrogen and oxygen atoms in total. The van der Waals surface area contributed by atoms with Crippen molar-refractivity contribution in [3.63, 3.8) is 0 Å². The van der Waals surface area contributed by atoms with Crippen LogP contribution in [-0.4, -0.2) is 35.1 Å². The summed E-state index contributed by atoms with van der Waals surface area (Å²) in [5, 5.41) is 4.82. The number of amides is 2. The molecule has 0 aliphatic heterocycles. The summed E-state index contributed by atoms with van der Waals surface area (Å²) in [5.41, 5.74) is 2.73. The van der Waals surface area contributed by atoms with E-state index < -0.39 is 6.04 Å². The molecule has 38 heavy (non-hydrogen) atoms. The predicted molar refractivity (Wildman–Crippen MR) is 161 cm³/mol. The highest BCUT2D eigenvalue weighted by Crippen LogP contribution is 2.26. The van der Waals surface area contributed by atoms with Crippen LogP contribution in [0.3, 0.4) is 0 Å². The number of hydrogen-bond donors (Lipinski definition) is 1. The molecule has 0 fully saturated rings. The summed E-state index contributed by atoms with van der Waals surface area (Å²) in [6.07, 6.45) is 2.22. The van der Waals surface area contributed by atoms with E-state index in [0.29, 0.717) is 38.8 Å². The molecule has 3 rings (SSSR count). The van der Waals surface area contributed by atoms with Gasteiger partial charge in [0.1, 0.15) is 6.04 Å². The van der Waals surface area contributed by atoms with E-state index in [1.807, 2.05) is 42.5 Å². The highest BCUT2D eigenvalue weighted by molar-refractivity contribution is 7.99. The molecule has 202 valence electrons. The lowest BCUT2D eigenvalue weighted by atomic mass is 10.0. The summed E-state index contributed by atoms with van der Waals surface area (Å²) in [6, 6.07) is 19.7. The molecule has 0 aliphatic rings. The Labute approximate surface area is 249 Å². The second kappa shape index (κ2) is 15.6. The molecule has 1 atom stereocenters. The Hall–Kier alpha value is -1.89. The second-order valence-electron chi connectivity index (χ2n) is 8.86. The van der Waals surface area contributed by atoms with Gasteiger partial charge in [-0.05, 0) is 47.4 Å². The van der Waals surface area contributed by atoms with Crippen molar-refractivity contribution in [1.29, 1.82) is 0 Å². The van der Waals surface area contributed by atoms with E-state index in [1.54, 1.807) is 29.2 Å². The summed E-state index contributed by atoms with van der Waals surface area (Å²) in [5.74, 6) is 0.447. The topological polar surface area (TPSA) is 49.4 Å². The van der Waals surface area contributed by atoms with Gasteiger partial charge in [0, 0.05) is 25.3 Å². The van der Waals surface area contributed by atoms with Gasteiger partial charge in [0.15, 0.2) is 0 Å². The van der Waals surface area contributed by atoms with Crippen LogP contribution in [0.1, 0.15) is 36.5 Å². The molecule has 0 saturated heterocycles. The highest BCUT2D eigenvalue weighted by atomic mass is 35.5. The van der Waals surface area contributed by atoms with Crippen molar-refractivity contribution in [2.24, 2.45) is 0 Å². The molecule has 0 aromatic heterocycles. The molecular formula is C29H30Cl4N2O2S. The molecule has 3 aromatic rings. The predicted octanol–water partition coefficient (Wildman–Crippen LogP) is 8.09. The van der Waals surface area contributed by atoms with Gasteiger partial charge in [0.2, 0.25) is 11.8 Å². The Morgan fingerprint density at radius 1 is 0.842 bits per heavy atom. The molecule has 3 aromatic carbocycles. The third-order valence-corrected chi connectivity index (χ3v) is 8.38. The number of carbonyl (C=O) groups is 2. The van der Waals surface area contributed by atoms with Gasteiger partial charge >= 0.3 is 0 Å². The molecule has 0 bridgehead atoms. The molecule has 2 amide bonds. The Balaban J connectivity index is 1.85. The van der Waals surface area contributed by atoms with Crippen molar-refractivity contribution in [1.82, 2.24) is 10.2 Å². The van der Waals surface area contributed by atoms with E-state index >= 15 is 0 Å². The maximum absolute atomic E-state index is 13.7. The van der Waals surface area contributed by atoms with Crippen molar-refractivity contribution in [2.75, 3.05) is 12.3 Å². The summed E-state index contributed by atoms with van der Waals surface area (Å²) >= 11 is 26.0. The molecule has 0 saturated carbocycles. The maximum Gasteiger partial charge on any atom is 0.243 e. The average molecular weight is 612 g/mol. The minimum atomic E-state index is -0.693. The number of carbonyl (C=O) groups excluding carboxylic acids is 2. The van der Waals surface area contributed by atoms with Crippen LogP contribution < -0.4 is 5.32 Å². The zero-order chi connectivity index (χ0) is 27.5. The number of halogens is 4. The number of nitrogens with one attached hydrogen (secondary N) is 1. The van der Waals surface area contributed by atoms with E-state index in [1.165, 1.54) is 11.8 Å². The number of nitrogens with zero attached hydrogens (tertiary/aromatic N) is 1. The van der Waals surface area contributed by atoms with Crippen LogP contribution in [0.25, 0.3) is 0 Å². The molecule has 0 radical (unpaired) electrons. The SMILES string of the molecule is CCCCNC(=O)[C@@H](Cc1ccccc1)N(Cc1ccc(Cl)c(Cl)c1)C(=O)CSCc1ccc(Cl)c(Cl)c1. The van der Waals surface area contributed by atoms with Gasteiger partial charge in [-0.2, -0.15) is 0 Å². The minimum absolute atomic E-state index is 0.146. The lowest BCUT2D eigenvalue weighted by molar-refractivity contribution is -0.139. The van der Waals surface area contributed by atoms with Gasteiger partial charge in [-0.15, -0.1) is 11.8 Å². The summed E-state index contributed by atoms with van der Waals surface area (Å²) in [7, 11) is 0. The monoisotopic (exact) mass is 610 g/mol. The number of benzene rings is 3. The van der Waals surface area contributed by atoms with E-state index in [2.05, 4.69) is 12.2 Å². The van der Waals surface area contributed by atoms with Crippen molar-refractivity contribution in [3.05, 3.63) is 104 Å². The van der Waals surface area contributed by atoms with Crippen LogP contribution in [0, 0.1) is 0 Å². The van der Waals surface area contributed by atoms with E-state index in [9.17, 15) is 9.59 Å². The molecular weight excluding hydrogens is 582 g/mol. The third-order valence-electron chi connectivity index (χ3n) is 5.92. The van der Waals surface area contributed by atoms with Crippen LogP contribution in [0.2, 0.25) is 20.1 Å². The molecule has 9 heteroatoms. The molecule has 1 N–H and O–H groups in total. The van der Waals surface area contributed by atoms with Gasteiger partial charge in [0.05, 0.1) is 25.8 Å². The lowest BCUT2D eigenvalue weighted by Crippen LogP contribution is -2.51. The van der Waals surface area contributed by atoms with Crippen LogP contribution in [0.5, 0.6) is 0 Å². The van der Waals surface area contributed by atoms with Crippen LogP contribution in [0.15, 0.2) is 66.7 Å². The first-order valence-electron chi connectivity index (χ1n) is 12.3. The second-order valence-corrected chi connectivity index (χ2v) is 11.5. The van der Waals surface area contributed by atoms with Crippen LogP contribution in [0.4, 0.5) is 0 Å². The third kappa shape index (κ3) is 9.39. The van der Waals surface area contributed by atoms with E-state index in [4.69, 9.17) is 46.4 Å². The molecule has 0 aliphatic carbocycles. The number of unbranched alkanes of at least 4 members (excludes halogenated alkanes) is 1. The minimum Gasteiger partial charge on any atom is -0.354 e. The molecule has 0 unspecified atom stereocenters. The summed E-state index contributed by atoms with van der Waals surface area (Å²) in [4.78, 5) is 28.8. The highest BCUT2D eigenvalue weighted by Gasteiger charge is 2.30. The first-order valence-corrected chi connectivity index (χ1v) is 15.0. The normalized spacial score (nSPS) is 11.7. The van der Waals surface area contributed by atoms with Gasteiger partial charge in [-0.3, -0.25) is 9.59 Å². The number of hydrogen-bond acceptors (Lipinski definition) is 3. The Morgan fingerprint density at radius 2 is 1.47 bits per heavy atom. The van der Waals surface area contributed by atoms with Gasteiger partial charge in [-0.25, -0.2) is 0 Å².